The van der Waals surface area contributed by atoms with Gasteiger partial charge in [0.1, 0.15) is 5.82 Å². The molecular weight excluding hydrogens is 277 g/mol. The third-order valence-corrected chi connectivity index (χ3v) is 4.36. The number of β-amino-alcohol motifs (C(OH)–C–C–N with tert-alkyl or cyclic N) is 1. The molecule has 1 aromatic rings. The van der Waals surface area contributed by atoms with E-state index in [9.17, 15) is 9.50 Å². The van der Waals surface area contributed by atoms with Crippen LogP contribution in [0.25, 0.3) is 0 Å². The highest BCUT2D eigenvalue weighted by atomic mass is 32.2. The van der Waals surface area contributed by atoms with Gasteiger partial charge in [0, 0.05) is 24.4 Å². The molecule has 0 aliphatic carbocycles. The van der Waals surface area contributed by atoms with Gasteiger partial charge in [-0.25, -0.2) is 4.39 Å². The number of hydrogen-bond acceptors (Lipinski definition) is 4. The van der Waals surface area contributed by atoms with Crippen LogP contribution in [0, 0.1) is 5.82 Å². The first-order valence-electron chi connectivity index (χ1n) is 7.05. The lowest BCUT2D eigenvalue weighted by atomic mass is 10.2. The molecule has 2 rings (SSSR count). The van der Waals surface area contributed by atoms with E-state index in [2.05, 4.69) is 4.90 Å². The highest BCUT2D eigenvalue weighted by Crippen LogP contribution is 2.11. The average Bonchev–Trinajstić information content (AvgIpc) is 2.69. The van der Waals surface area contributed by atoms with E-state index < -0.39 is 6.10 Å². The fourth-order valence-electron chi connectivity index (χ4n) is 2.25. The highest BCUT2D eigenvalue weighted by Gasteiger charge is 2.14. The van der Waals surface area contributed by atoms with Crippen LogP contribution in [-0.4, -0.2) is 53.9 Å². The minimum atomic E-state index is -0.509. The fourth-order valence-corrected chi connectivity index (χ4v) is 3.18. The van der Waals surface area contributed by atoms with Gasteiger partial charge in [-0.1, -0.05) is 18.2 Å². The Labute approximate surface area is 124 Å². The minimum absolute atomic E-state index is 0.208. The van der Waals surface area contributed by atoms with E-state index in [0.717, 1.165) is 18.8 Å². The first-order chi connectivity index (χ1) is 9.75. The number of benzene rings is 1. The number of halogens is 1. The highest BCUT2D eigenvalue weighted by molar-refractivity contribution is 7.99. The van der Waals surface area contributed by atoms with Crippen molar-refractivity contribution in [1.82, 2.24) is 4.90 Å². The molecule has 5 heteroatoms. The maximum Gasteiger partial charge on any atom is 0.128 e. The third kappa shape index (κ3) is 5.40. The van der Waals surface area contributed by atoms with E-state index in [4.69, 9.17) is 4.74 Å². The summed E-state index contributed by atoms with van der Waals surface area (Å²) in [6.07, 6.45) is 0.665. The maximum atomic E-state index is 13.4. The van der Waals surface area contributed by atoms with Gasteiger partial charge >= 0.3 is 0 Å². The molecule has 0 bridgehead atoms. The SMILES string of the molecule is OC(COCc1ccccc1F)CN1CCCSCC1. The number of aliphatic hydroxyl groups is 1. The quantitative estimate of drug-likeness (QED) is 0.872. The second-order valence-electron chi connectivity index (χ2n) is 5.03. The molecule has 1 aliphatic rings. The van der Waals surface area contributed by atoms with Crippen molar-refractivity contribution in [3.05, 3.63) is 35.6 Å². The molecule has 1 aromatic carbocycles. The van der Waals surface area contributed by atoms with Crippen molar-refractivity contribution in [2.24, 2.45) is 0 Å². The van der Waals surface area contributed by atoms with Gasteiger partial charge in [0.05, 0.1) is 19.3 Å². The number of thioether (sulfide) groups is 1. The summed E-state index contributed by atoms with van der Waals surface area (Å²) in [6.45, 7) is 3.15. The smallest absolute Gasteiger partial charge is 0.128 e. The zero-order chi connectivity index (χ0) is 14.2. The van der Waals surface area contributed by atoms with Crippen molar-refractivity contribution < 1.29 is 14.2 Å². The Morgan fingerprint density at radius 1 is 1.30 bits per heavy atom. The molecule has 3 nitrogen and oxygen atoms in total. The van der Waals surface area contributed by atoms with Crippen LogP contribution in [0.2, 0.25) is 0 Å². The van der Waals surface area contributed by atoms with Gasteiger partial charge in [-0.3, -0.25) is 4.90 Å². The Hall–Kier alpha value is -0.620. The van der Waals surface area contributed by atoms with Crippen LogP contribution in [-0.2, 0) is 11.3 Å². The molecule has 0 saturated carbocycles. The van der Waals surface area contributed by atoms with Crippen LogP contribution in [0.1, 0.15) is 12.0 Å². The fraction of sp³-hybridized carbons (Fsp3) is 0.600. The first-order valence-corrected chi connectivity index (χ1v) is 8.20. The minimum Gasteiger partial charge on any atom is -0.389 e. The van der Waals surface area contributed by atoms with Gasteiger partial charge < -0.3 is 9.84 Å². The van der Waals surface area contributed by atoms with Crippen molar-refractivity contribution in [3.8, 4) is 0 Å². The number of ether oxygens (including phenoxy) is 1. The van der Waals surface area contributed by atoms with Gasteiger partial charge in [0.2, 0.25) is 0 Å². The summed E-state index contributed by atoms with van der Waals surface area (Å²) in [5.41, 5.74) is 0.533. The number of nitrogens with zero attached hydrogens (tertiary/aromatic N) is 1. The standard InChI is InChI=1S/C15H22FNO2S/c16-15-5-2-1-4-13(15)11-19-12-14(18)10-17-6-3-8-20-9-7-17/h1-2,4-5,14,18H,3,6-12H2. The van der Waals surface area contributed by atoms with Gasteiger partial charge in [-0.15, -0.1) is 0 Å². The summed E-state index contributed by atoms with van der Waals surface area (Å²) >= 11 is 1.97. The van der Waals surface area contributed by atoms with E-state index in [1.54, 1.807) is 18.2 Å². The summed E-state index contributed by atoms with van der Waals surface area (Å²) in [6, 6.07) is 6.57. The second-order valence-corrected chi connectivity index (χ2v) is 6.25. The molecule has 1 N–H and O–H groups in total. The van der Waals surface area contributed by atoms with Crippen molar-refractivity contribution in [2.45, 2.75) is 19.1 Å². The van der Waals surface area contributed by atoms with Crippen LogP contribution < -0.4 is 0 Å². The Morgan fingerprint density at radius 3 is 3.00 bits per heavy atom. The van der Waals surface area contributed by atoms with E-state index in [1.807, 2.05) is 11.8 Å². The Balaban J connectivity index is 1.67. The molecule has 1 aliphatic heterocycles. The van der Waals surface area contributed by atoms with Crippen molar-refractivity contribution in [2.75, 3.05) is 37.7 Å². The third-order valence-electron chi connectivity index (χ3n) is 3.31. The zero-order valence-electron chi connectivity index (χ0n) is 11.6. The molecule has 0 amide bonds. The molecular formula is C15H22FNO2S. The Kier molecular flexibility index (Phi) is 6.79. The van der Waals surface area contributed by atoms with Gasteiger partial charge in [0.15, 0.2) is 0 Å². The molecule has 1 fully saturated rings. The van der Waals surface area contributed by atoms with Crippen LogP contribution in [0.5, 0.6) is 0 Å². The van der Waals surface area contributed by atoms with E-state index in [-0.39, 0.29) is 19.0 Å². The van der Waals surface area contributed by atoms with Crippen molar-refractivity contribution in [1.29, 1.82) is 0 Å². The predicted octanol–water partition coefficient (Wildman–Crippen LogP) is 2.14. The summed E-state index contributed by atoms with van der Waals surface area (Å²) in [4.78, 5) is 2.27. The normalized spacial score (nSPS) is 18.7. The summed E-state index contributed by atoms with van der Waals surface area (Å²) < 4.78 is 18.8. The Morgan fingerprint density at radius 2 is 2.15 bits per heavy atom. The number of hydrogen-bond donors (Lipinski definition) is 1. The lowest BCUT2D eigenvalue weighted by Crippen LogP contribution is -2.36. The molecule has 1 unspecified atom stereocenters. The lowest BCUT2D eigenvalue weighted by Gasteiger charge is -2.22. The molecule has 112 valence electrons. The molecule has 0 spiro atoms. The topological polar surface area (TPSA) is 32.7 Å². The first kappa shape index (κ1) is 15.8. The van der Waals surface area contributed by atoms with Crippen molar-refractivity contribution >= 4 is 11.8 Å². The van der Waals surface area contributed by atoms with E-state index in [0.29, 0.717) is 12.1 Å². The average molecular weight is 299 g/mol. The predicted molar refractivity (Wildman–Crippen MR) is 80.4 cm³/mol. The molecule has 20 heavy (non-hydrogen) atoms. The van der Waals surface area contributed by atoms with Crippen LogP contribution in [0.3, 0.4) is 0 Å². The maximum absolute atomic E-state index is 13.4. The zero-order valence-corrected chi connectivity index (χ0v) is 12.4. The van der Waals surface area contributed by atoms with E-state index in [1.165, 1.54) is 18.2 Å². The van der Waals surface area contributed by atoms with Crippen LogP contribution >= 0.6 is 11.8 Å². The van der Waals surface area contributed by atoms with Gasteiger partial charge in [0.25, 0.3) is 0 Å². The largest absolute Gasteiger partial charge is 0.389 e. The summed E-state index contributed by atoms with van der Waals surface area (Å²) in [7, 11) is 0. The Bertz CT molecular complexity index is 397. The second kappa shape index (κ2) is 8.62. The summed E-state index contributed by atoms with van der Waals surface area (Å²) in [5.74, 6) is 2.07. The lowest BCUT2D eigenvalue weighted by molar-refractivity contribution is 0.0103. The molecule has 1 saturated heterocycles. The molecule has 1 atom stereocenters. The van der Waals surface area contributed by atoms with Crippen molar-refractivity contribution in [3.63, 3.8) is 0 Å². The van der Waals surface area contributed by atoms with Crippen LogP contribution in [0.15, 0.2) is 24.3 Å². The number of rotatable bonds is 6. The van der Waals surface area contributed by atoms with Gasteiger partial charge in [-0.05, 0) is 24.8 Å². The molecule has 1 heterocycles. The summed E-state index contributed by atoms with van der Waals surface area (Å²) in [5, 5.41) is 9.97. The van der Waals surface area contributed by atoms with E-state index >= 15 is 0 Å². The van der Waals surface area contributed by atoms with Crippen LogP contribution in [0.4, 0.5) is 4.39 Å². The van der Waals surface area contributed by atoms with Gasteiger partial charge in [-0.2, -0.15) is 11.8 Å². The molecule has 0 radical (unpaired) electrons. The monoisotopic (exact) mass is 299 g/mol. The molecule has 0 aromatic heterocycles. The number of aliphatic hydroxyl groups excluding tert-OH is 1.